The van der Waals surface area contributed by atoms with Crippen LogP contribution < -0.4 is 0 Å². The molecular formula is C30H40N2. The van der Waals surface area contributed by atoms with E-state index in [0.29, 0.717) is 10.8 Å². The largest absolute Gasteiger partial charge is 0.306 e. The molecule has 0 N–H and O–H groups in total. The summed E-state index contributed by atoms with van der Waals surface area (Å²) >= 11 is 0. The molecule has 0 amide bonds. The average Bonchev–Trinajstić information content (AvgIpc) is 3.15. The summed E-state index contributed by atoms with van der Waals surface area (Å²) in [5.41, 5.74) is 3.89. The molecule has 1 heterocycles. The van der Waals surface area contributed by atoms with Crippen LogP contribution in [-0.2, 0) is 0 Å². The van der Waals surface area contributed by atoms with Crippen LogP contribution in [0.3, 0.4) is 0 Å². The van der Waals surface area contributed by atoms with Gasteiger partial charge in [0, 0.05) is 29.4 Å². The highest BCUT2D eigenvalue weighted by Crippen LogP contribution is 2.67. The molecule has 3 saturated carbocycles. The molecule has 4 aliphatic rings. The first-order valence-electron chi connectivity index (χ1n) is 13.1. The second-order valence-electron chi connectivity index (χ2n) is 12.3. The highest BCUT2D eigenvalue weighted by Gasteiger charge is 2.58. The molecule has 1 aromatic heterocycles. The van der Waals surface area contributed by atoms with Gasteiger partial charge in [-0.15, -0.1) is 0 Å². The van der Waals surface area contributed by atoms with E-state index in [1.165, 1.54) is 67.7 Å². The third-order valence-corrected chi connectivity index (χ3v) is 10.9. The van der Waals surface area contributed by atoms with Crippen LogP contribution in [0.1, 0.15) is 70.8 Å². The van der Waals surface area contributed by atoms with Gasteiger partial charge in [-0.3, -0.25) is 4.98 Å². The molecule has 4 aliphatic carbocycles. The van der Waals surface area contributed by atoms with Crippen LogP contribution in [0.15, 0.2) is 42.7 Å². The first-order valence-corrected chi connectivity index (χ1v) is 13.1. The first kappa shape index (κ1) is 20.9. The Labute approximate surface area is 194 Å². The first-order chi connectivity index (χ1) is 15.4. The van der Waals surface area contributed by atoms with E-state index in [9.17, 15) is 0 Å². The van der Waals surface area contributed by atoms with Crippen LogP contribution in [-0.4, -0.2) is 30.0 Å². The molecule has 2 aromatic rings. The van der Waals surface area contributed by atoms with Crippen molar-refractivity contribution in [1.29, 1.82) is 0 Å². The zero-order chi connectivity index (χ0) is 22.1. The number of hydrogen-bond acceptors (Lipinski definition) is 2. The summed E-state index contributed by atoms with van der Waals surface area (Å²) in [6, 6.07) is 9.63. The fourth-order valence-electron chi connectivity index (χ4n) is 9.02. The fraction of sp³-hybridized carbons (Fsp3) is 0.633. The normalized spacial score (nSPS) is 41.2. The lowest BCUT2D eigenvalue weighted by Gasteiger charge is -2.61. The van der Waals surface area contributed by atoms with Crippen LogP contribution in [0.4, 0.5) is 0 Å². The molecule has 2 nitrogen and oxygen atoms in total. The maximum atomic E-state index is 4.65. The SMILES string of the molecule is CN(C)[C@@H]1CC[C@@]2(C)[C@@H](CC[C@@H]3[C@@H]2CC[C@]2(C)C(c4cncc5ccccc45)=CC[C@@H]32)C1. The number of rotatable bonds is 2. The van der Waals surface area contributed by atoms with Gasteiger partial charge in [-0.25, -0.2) is 0 Å². The number of hydrogen-bond donors (Lipinski definition) is 0. The van der Waals surface area contributed by atoms with Crippen molar-refractivity contribution in [1.82, 2.24) is 9.88 Å². The molecule has 0 aliphatic heterocycles. The third kappa shape index (κ3) is 2.91. The molecule has 6 rings (SSSR count). The number of pyridine rings is 1. The molecule has 32 heavy (non-hydrogen) atoms. The highest BCUT2D eigenvalue weighted by molar-refractivity contribution is 5.94. The smallest absolute Gasteiger partial charge is 0.0349 e. The number of fused-ring (bicyclic) bond motifs is 6. The molecule has 1 aromatic carbocycles. The van der Waals surface area contributed by atoms with Gasteiger partial charge in [-0.1, -0.05) is 44.2 Å². The Kier molecular flexibility index (Phi) is 4.85. The Hall–Kier alpha value is -1.67. The van der Waals surface area contributed by atoms with Crippen molar-refractivity contribution in [3.63, 3.8) is 0 Å². The summed E-state index contributed by atoms with van der Waals surface area (Å²) < 4.78 is 0. The molecule has 170 valence electrons. The Morgan fingerprint density at radius 2 is 1.78 bits per heavy atom. The second kappa shape index (κ2) is 7.42. The van der Waals surface area contributed by atoms with E-state index in [-0.39, 0.29) is 0 Å². The summed E-state index contributed by atoms with van der Waals surface area (Å²) in [6.45, 7) is 5.30. The second-order valence-corrected chi connectivity index (χ2v) is 12.3. The van der Waals surface area contributed by atoms with E-state index in [1.807, 2.05) is 6.20 Å². The van der Waals surface area contributed by atoms with Crippen molar-refractivity contribution in [2.75, 3.05) is 14.1 Å². The maximum Gasteiger partial charge on any atom is 0.0349 e. The minimum absolute atomic E-state index is 0.316. The molecule has 7 atom stereocenters. The Bertz CT molecular complexity index is 1050. The van der Waals surface area contributed by atoms with Crippen molar-refractivity contribution in [3.8, 4) is 0 Å². The monoisotopic (exact) mass is 428 g/mol. The lowest BCUT2D eigenvalue weighted by molar-refractivity contribution is -0.106. The van der Waals surface area contributed by atoms with Gasteiger partial charge >= 0.3 is 0 Å². The van der Waals surface area contributed by atoms with Crippen LogP contribution >= 0.6 is 0 Å². The van der Waals surface area contributed by atoms with Gasteiger partial charge in [0.05, 0.1) is 0 Å². The third-order valence-electron chi connectivity index (χ3n) is 10.9. The summed E-state index contributed by atoms with van der Waals surface area (Å²) in [6.07, 6.45) is 18.0. The quantitative estimate of drug-likeness (QED) is 0.503. The van der Waals surface area contributed by atoms with Gasteiger partial charge in [0.25, 0.3) is 0 Å². The number of aromatic nitrogens is 1. The van der Waals surface area contributed by atoms with E-state index in [0.717, 1.165) is 29.7 Å². The Morgan fingerprint density at radius 3 is 2.62 bits per heavy atom. The van der Waals surface area contributed by atoms with E-state index >= 15 is 0 Å². The molecule has 0 radical (unpaired) electrons. The predicted octanol–water partition coefficient (Wildman–Crippen LogP) is 7.20. The Morgan fingerprint density at radius 1 is 0.938 bits per heavy atom. The molecule has 0 unspecified atom stereocenters. The lowest BCUT2D eigenvalue weighted by Crippen LogP contribution is -2.54. The summed E-state index contributed by atoms with van der Waals surface area (Å²) in [5, 5.41) is 2.66. The van der Waals surface area contributed by atoms with Gasteiger partial charge in [-0.05, 0) is 111 Å². The summed E-state index contributed by atoms with van der Waals surface area (Å²) in [7, 11) is 4.58. The summed E-state index contributed by atoms with van der Waals surface area (Å²) in [5.74, 6) is 3.59. The zero-order valence-electron chi connectivity index (χ0n) is 20.5. The van der Waals surface area contributed by atoms with Crippen LogP contribution in [0.5, 0.6) is 0 Å². The predicted molar refractivity (Wildman–Crippen MR) is 134 cm³/mol. The van der Waals surface area contributed by atoms with Gasteiger partial charge in [0.15, 0.2) is 0 Å². The molecule has 0 saturated heterocycles. The number of benzene rings is 1. The zero-order valence-corrected chi connectivity index (χ0v) is 20.5. The Balaban J connectivity index is 1.31. The maximum absolute atomic E-state index is 4.65. The van der Waals surface area contributed by atoms with E-state index in [1.54, 1.807) is 5.57 Å². The molecule has 0 bridgehead atoms. The standard InChI is InChI=1S/C30H40N2/c1-29-15-13-22(32(3)4)17-21(29)9-10-24-26-11-12-27(30(26,2)16-14-28(24)29)25-19-31-18-20-7-5-6-8-23(20)25/h5-8,12,18-19,21-22,24,26,28H,9-11,13-17H2,1-4H3/t21-,22+,24-,26-,28-,29-,30-/m0/s1. The van der Waals surface area contributed by atoms with Crippen molar-refractivity contribution < 1.29 is 0 Å². The minimum Gasteiger partial charge on any atom is -0.306 e. The topological polar surface area (TPSA) is 16.1 Å². The van der Waals surface area contributed by atoms with Gasteiger partial charge in [0.1, 0.15) is 0 Å². The fourth-order valence-corrected chi connectivity index (χ4v) is 9.02. The van der Waals surface area contributed by atoms with Crippen LogP contribution in [0, 0.1) is 34.5 Å². The highest BCUT2D eigenvalue weighted by atomic mass is 15.1. The van der Waals surface area contributed by atoms with Crippen molar-refractivity contribution >= 4 is 16.3 Å². The number of allylic oxidation sites excluding steroid dienone is 2. The van der Waals surface area contributed by atoms with Gasteiger partial charge in [0.2, 0.25) is 0 Å². The van der Waals surface area contributed by atoms with Crippen molar-refractivity contribution in [3.05, 3.63) is 48.3 Å². The molecule has 0 spiro atoms. The molecule has 2 heteroatoms. The van der Waals surface area contributed by atoms with Gasteiger partial charge < -0.3 is 4.90 Å². The van der Waals surface area contributed by atoms with E-state index in [2.05, 4.69) is 74.4 Å². The molecule has 3 fully saturated rings. The van der Waals surface area contributed by atoms with E-state index in [4.69, 9.17) is 0 Å². The van der Waals surface area contributed by atoms with E-state index < -0.39 is 0 Å². The minimum atomic E-state index is 0.316. The number of nitrogens with zero attached hydrogens (tertiary/aromatic N) is 2. The van der Waals surface area contributed by atoms with Crippen molar-refractivity contribution in [2.24, 2.45) is 34.5 Å². The average molecular weight is 429 g/mol. The van der Waals surface area contributed by atoms with Gasteiger partial charge in [-0.2, -0.15) is 0 Å². The van der Waals surface area contributed by atoms with Crippen molar-refractivity contribution in [2.45, 2.75) is 71.3 Å². The van der Waals surface area contributed by atoms with Crippen LogP contribution in [0.2, 0.25) is 0 Å². The summed E-state index contributed by atoms with van der Waals surface area (Å²) in [4.78, 5) is 7.14. The van der Waals surface area contributed by atoms with Crippen LogP contribution in [0.25, 0.3) is 16.3 Å². The lowest BCUT2D eigenvalue weighted by atomic mass is 9.44. The molecular weight excluding hydrogens is 388 g/mol.